The molecule has 0 aliphatic rings. The van der Waals surface area contributed by atoms with Gasteiger partial charge < -0.3 is 10.6 Å². The average molecular weight is 249 g/mol. The summed E-state index contributed by atoms with van der Waals surface area (Å²) in [5, 5.41) is 6.14. The lowest BCUT2D eigenvalue weighted by Gasteiger charge is -2.17. The number of nitrogens with zero attached hydrogens (tertiary/aromatic N) is 1. The van der Waals surface area contributed by atoms with Crippen molar-refractivity contribution in [3.05, 3.63) is 23.9 Å². The van der Waals surface area contributed by atoms with Gasteiger partial charge in [0.15, 0.2) is 0 Å². The Morgan fingerprint density at radius 3 is 2.56 bits per heavy atom. The van der Waals surface area contributed by atoms with Crippen LogP contribution in [0.2, 0.25) is 0 Å². The fourth-order valence-electron chi connectivity index (χ4n) is 1.34. The summed E-state index contributed by atoms with van der Waals surface area (Å²) >= 11 is 0. The Bertz CT molecular complexity index is 373. The summed E-state index contributed by atoms with van der Waals surface area (Å²) in [5.74, 6) is 1.17. The van der Waals surface area contributed by atoms with Crippen LogP contribution in [0.1, 0.15) is 44.5 Å². The van der Waals surface area contributed by atoms with E-state index in [-0.39, 0.29) is 11.9 Å². The molecule has 1 aromatic heterocycles. The number of carbonyl (C=O) groups excluding carboxylic acids is 1. The van der Waals surface area contributed by atoms with Gasteiger partial charge in [-0.05, 0) is 31.4 Å². The standard InChI is InChI=1S/C14H23N3O/c1-5-8-15-13-7-6-12(9-16-13)14(18)17-11(4)10(2)3/h6-7,9-11H,5,8H2,1-4H3,(H,15,16)(H,17,18). The molecule has 1 aromatic rings. The van der Waals surface area contributed by atoms with Crippen molar-refractivity contribution >= 4 is 11.7 Å². The summed E-state index contributed by atoms with van der Waals surface area (Å²) < 4.78 is 0. The van der Waals surface area contributed by atoms with Crippen LogP contribution in [0.25, 0.3) is 0 Å². The van der Waals surface area contributed by atoms with Crippen LogP contribution in [0.15, 0.2) is 18.3 Å². The molecule has 0 aromatic carbocycles. The quantitative estimate of drug-likeness (QED) is 0.815. The van der Waals surface area contributed by atoms with Gasteiger partial charge >= 0.3 is 0 Å². The molecule has 4 heteroatoms. The number of nitrogens with one attached hydrogen (secondary N) is 2. The average Bonchev–Trinajstić information content (AvgIpc) is 2.36. The van der Waals surface area contributed by atoms with Crippen LogP contribution in [-0.4, -0.2) is 23.5 Å². The Kier molecular flexibility index (Phi) is 5.62. The second-order valence-corrected chi connectivity index (χ2v) is 4.87. The number of amides is 1. The van der Waals surface area contributed by atoms with Gasteiger partial charge in [0.2, 0.25) is 0 Å². The van der Waals surface area contributed by atoms with Crippen molar-refractivity contribution in [2.45, 2.75) is 40.2 Å². The molecule has 0 aliphatic carbocycles. The van der Waals surface area contributed by atoms with E-state index in [0.29, 0.717) is 11.5 Å². The minimum atomic E-state index is -0.0641. The van der Waals surface area contributed by atoms with Crippen LogP contribution in [0.5, 0.6) is 0 Å². The predicted octanol–water partition coefficient (Wildman–Crippen LogP) is 2.68. The largest absolute Gasteiger partial charge is 0.370 e. The van der Waals surface area contributed by atoms with Gasteiger partial charge in [-0.3, -0.25) is 4.79 Å². The number of anilines is 1. The van der Waals surface area contributed by atoms with E-state index in [0.717, 1.165) is 18.8 Å². The molecule has 1 rings (SSSR count). The van der Waals surface area contributed by atoms with E-state index < -0.39 is 0 Å². The monoisotopic (exact) mass is 249 g/mol. The molecule has 1 atom stereocenters. The Labute approximate surface area is 109 Å². The molecule has 0 saturated carbocycles. The van der Waals surface area contributed by atoms with Crippen LogP contribution in [0, 0.1) is 5.92 Å². The normalized spacial score (nSPS) is 12.3. The molecule has 2 N–H and O–H groups in total. The van der Waals surface area contributed by atoms with Crippen LogP contribution in [-0.2, 0) is 0 Å². The zero-order chi connectivity index (χ0) is 13.5. The number of aromatic nitrogens is 1. The maximum absolute atomic E-state index is 11.9. The van der Waals surface area contributed by atoms with Crippen molar-refractivity contribution in [1.29, 1.82) is 0 Å². The molecule has 1 unspecified atom stereocenters. The lowest BCUT2D eigenvalue weighted by Crippen LogP contribution is -2.36. The van der Waals surface area contributed by atoms with Crippen LogP contribution in [0.3, 0.4) is 0 Å². The molecule has 4 nitrogen and oxygen atoms in total. The van der Waals surface area contributed by atoms with Gasteiger partial charge in [-0.2, -0.15) is 0 Å². The SMILES string of the molecule is CCCNc1ccc(C(=O)NC(C)C(C)C)cn1. The maximum atomic E-state index is 11.9. The van der Waals surface area contributed by atoms with Crippen molar-refractivity contribution in [3.63, 3.8) is 0 Å². The topological polar surface area (TPSA) is 54.0 Å². The van der Waals surface area contributed by atoms with Crippen LogP contribution < -0.4 is 10.6 Å². The Balaban J connectivity index is 2.59. The lowest BCUT2D eigenvalue weighted by atomic mass is 10.1. The van der Waals surface area contributed by atoms with Crippen LogP contribution in [0.4, 0.5) is 5.82 Å². The van der Waals surface area contributed by atoms with Crippen molar-refractivity contribution in [1.82, 2.24) is 10.3 Å². The van der Waals surface area contributed by atoms with E-state index in [1.807, 2.05) is 13.0 Å². The van der Waals surface area contributed by atoms with Crippen LogP contribution >= 0.6 is 0 Å². The number of hydrogen-bond donors (Lipinski definition) is 2. The first-order valence-corrected chi connectivity index (χ1v) is 6.55. The number of hydrogen-bond acceptors (Lipinski definition) is 3. The molecular formula is C14H23N3O. The fourth-order valence-corrected chi connectivity index (χ4v) is 1.34. The smallest absolute Gasteiger partial charge is 0.253 e. The summed E-state index contributed by atoms with van der Waals surface area (Å²) in [6, 6.07) is 3.80. The molecule has 0 aliphatic heterocycles. The summed E-state index contributed by atoms with van der Waals surface area (Å²) in [7, 11) is 0. The first-order valence-electron chi connectivity index (χ1n) is 6.55. The minimum Gasteiger partial charge on any atom is -0.370 e. The van der Waals surface area contributed by atoms with Gasteiger partial charge in [-0.25, -0.2) is 4.98 Å². The van der Waals surface area contributed by atoms with Crippen molar-refractivity contribution in [3.8, 4) is 0 Å². The molecule has 0 bridgehead atoms. The third kappa shape index (κ3) is 4.35. The van der Waals surface area contributed by atoms with E-state index in [1.165, 1.54) is 0 Å². The Hall–Kier alpha value is -1.58. The summed E-state index contributed by atoms with van der Waals surface area (Å²) in [4.78, 5) is 16.1. The second kappa shape index (κ2) is 6.99. The van der Waals surface area contributed by atoms with Gasteiger partial charge in [0.1, 0.15) is 5.82 Å². The fraction of sp³-hybridized carbons (Fsp3) is 0.571. The highest BCUT2D eigenvalue weighted by atomic mass is 16.1. The molecule has 0 saturated heterocycles. The first-order chi connectivity index (χ1) is 8.54. The first kappa shape index (κ1) is 14.5. The molecule has 0 fully saturated rings. The predicted molar refractivity (Wildman–Crippen MR) is 74.8 cm³/mol. The molecule has 1 amide bonds. The highest BCUT2D eigenvalue weighted by Gasteiger charge is 2.12. The zero-order valence-electron chi connectivity index (χ0n) is 11.7. The molecular weight excluding hydrogens is 226 g/mol. The van der Waals surface area contributed by atoms with Crippen molar-refractivity contribution in [2.24, 2.45) is 5.92 Å². The lowest BCUT2D eigenvalue weighted by molar-refractivity contribution is 0.0930. The van der Waals surface area contributed by atoms with E-state index in [4.69, 9.17) is 0 Å². The molecule has 0 spiro atoms. The summed E-state index contributed by atoms with van der Waals surface area (Å²) in [6.45, 7) is 9.17. The summed E-state index contributed by atoms with van der Waals surface area (Å²) in [5.41, 5.74) is 0.601. The molecule has 0 radical (unpaired) electrons. The van der Waals surface area contributed by atoms with Crippen molar-refractivity contribution in [2.75, 3.05) is 11.9 Å². The third-order valence-electron chi connectivity index (χ3n) is 2.94. The Morgan fingerprint density at radius 2 is 2.06 bits per heavy atom. The summed E-state index contributed by atoms with van der Waals surface area (Å²) in [6.07, 6.45) is 2.66. The number of carbonyl (C=O) groups is 1. The van der Waals surface area contributed by atoms with E-state index in [2.05, 4.69) is 36.4 Å². The molecule has 100 valence electrons. The third-order valence-corrected chi connectivity index (χ3v) is 2.94. The van der Waals surface area contributed by atoms with Gasteiger partial charge in [-0.15, -0.1) is 0 Å². The molecule has 1 heterocycles. The minimum absolute atomic E-state index is 0.0641. The van der Waals surface area contributed by atoms with Gasteiger partial charge in [-0.1, -0.05) is 20.8 Å². The highest BCUT2D eigenvalue weighted by Crippen LogP contribution is 2.07. The maximum Gasteiger partial charge on any atom is 0.253 e. The van der Waals surface area contributed by atoms with Gasteiger partial charge in [0.25, 0.3) is 5.91 Å². The van der Waals surface area contributed by atoms with E-state index in [1.54, 1.807) is 12.3 Å². The highest BCUT2D eigenvalue weighted by molar-refractivity contribution is 5.94. The van der Waals surface area contributed by atoms with E-state index in [9.17, 15) is 4.79 Å². The van der Waals surface area contributed by atoms with Gasteiger partial charge in [0, 0.05) is 18.8 Å². The number of rotatable bonds is 6. The zero-order valence-corrected chi connectivity index (χ0v) is 11.7. The second-order valence-electron chi connectivity index (χ2n) is 4.87. The molecule has 18 heavy (non-hydrogen) atoms. The van der Waals surface area contributed by atoms with Gasteiger partial charge in [0.05, 0.1) is 5.56 Å². The van der Waals surface area contributed by atoms with E-state index >= 15 is 0 Å². The number of pyridine rings is 1. The van der Waals surface area contributed by atoms with Crippen molar-refractivity contribution < 1.29 is 4.79 Å². The Morgan fingerprint density at radius 1 is 1.33 bits per heavy atom.